The molecule has 0 bridgehead atoms. The highest BCUT2D eigenvalue weighted by molar-refractivity contribution is 5.59. The molecule has 1 saturated heterocycles. The van der Waals surface area contributed by atoms with Crippen molar-refractivity contribution in [3.05, 3.63) is 41.1 Å². The fourth-order valence-corrected chi connectivity index (χ4v) is 4.23. The summed E-state index contributed by atoms with van der Waals surface area (Å²) in [7, 11) is 2.25. The molecule has 0 amide bonds. The van der Waals surface area contributed by atoms with Crippen molar-refractivity contribution >= 4 is 5.82 Å². The van der Waals surface area contributed by atoms with Crippen molar-refractivity contribution in [1.29, 1.82) is 0 Å². The van der Waals surface area contributed by atoms with Gasteiger partial charge in [0, 0.05) is 12.1 Å². The second kappa shape index (κ2) is 6.25. The van der Waals surface area contributed by atoms with Gasteiger partial charge in [0.1, 0.15) is 5.82 Å². The molecule has 0 aliphatic carbocycles. The summed E-state index contributed by atoms with van der Waals surface area (Å²) in [5.74, 6) is 1.71. The Balaban J connectivity index is 1.82. The number of para-hydroxylation sites is 1. The normalized spacial score (nSPS) is 21.1. The van der Waals surface area contributed by atoms with E-state index in [4.69, 9.17) is 5.10 Å². The molecule has 1 aromatic carbocycles. The predicted octanol–water partition coefficient (Wildman–Crippen LogP) is 4.12. The van der Waals surface area contributed by atoms with Gasteiger partial charge in [-0.2, -0.15) is 5.10 Å². The van der Waals surface area contributed by atoms with Gasteiger partial charge in [0.05, 0.1) is 17.4 Å². The first kappa shape index (κ1) is 15.7. The lowest BCUT2D eigenvalue weighted by molar-refractivity contribution is 0.182. The van der Waals surface area contributed by atoms with Gasteiger partial charge in [0.15, 0.2) is 0 Å². The first-order valence-corrected chi connectivity index (χ1v) is 9.32. The van der Waals surface area contributed by atoms with Gasteiger partial charge in [0.2, 0.25) is 0 Å². The molecule has 4 rings (SSSR count). The highest BCUT2D eigenvalue weighted by atomic mass is 15.4. The first-order chi connectivity index (χ1) is 11.7. The van der Waals surface area contributed by atoms with Crippen LogP contribution in [0.5, 0.6) is 0 Å². The molecule has 1 N–H and O–H groups in total. The Labute approximate surface area is 144 Å². The summed E-state index contributed by atoms with van der Waals surface area (Å²) < 4.78 is 2.18. The lowest BCUT2D eigenvalue weighted by Crippen LogP contribution is -2.30. The molecule has 24 heavy (non-hydrogen) atoms. The Morgan fingerprint density at radius 2 is 2.04 bits per heavy atom. The van der Waals surface area contributed by atoms with Crippen LogP contribution in [0.3, 0.4) is 0 Å². The number of likely N-dealkylation sites (tertiary alicyclic amines) is 1. The van der Waals surface area contributed by atoms with E-state index in [0.717, 1.165) is 13.0 Å². The lowest BCUT2D eigenvalue weighted by Gasteiger charge is -2.31. The van der Waals surface area contributed by atoms with Crippen molar-refractivity contribution in [3.63, 3.8) is 0 Å². The summed E-state index contributed by atoms with van der Waals surface area (Å²) in [4.78, 5) is 2.49. The van der Waals surface area contributed by atoms with Gasteiger partial charge in [-0.1, -0.05) is 38.5 Å². The molecule has 1 fully saturated rings. The number of fused-ring (bicyclic) bond motifs is 1. The highest BCUT2D eigenvalue weighted by Gasteiger charge is 2.31. The zero-order chi connectivity index (χ0) is 16.7. The Morgan fingerprint density at radius 1 is 1.21 bits per heavy atom. The van der Waals surface area contributed by atoms with Gasteiger partial charge < -0.3 is 5.32 Å². The average Bonchev–Trinajstić information content (AvgIpc) is 3.18. The Hall–Kier alpha value is -1.81. The predicted molar refractivity (Wildman–Crippen MR) is 99.1 cm³/mol. The van der Waals surface area contributed by atoms with Crippen molar-refractivity contribution in [3.8, 4) is 5.69 Å². The maximum absolute atomic E-state index is 5.13. The van der Waals surface area contributed by atoms with Crippen LogP contribution >= 0.6 is 0 Å². The molecule has 0 saturated carbocycles. The van der Waals surface area contributed by atoms with Crippen LogP contribution in [0.15, 0.2) is 24.3 Å². The molecule has 2 aliphatic heterocycles. The van der Waals surface area contributed by atoms with Gasteiger partial charge in [-0.25, -0.2) is 4.68 Å². The number of hydrogen-bond acceptors (Lipinski definition) is 3. The molecule has 1 aromatic heterocycles. The molecule has 2 aromatic rings. The van der Waals surface area contributed by atoms with Crippen LogP contribution in [-0.4, -0.2) is 34.8 Å². The van der Waals surface area contributed by atoms with Crippen LogP contribution in [0.4, 0.5) is 5.82 Å². The topological polar surface area (TPSA) is 33.1 Å². The number of piperidine rings is 1. The van der Waals surface area contributed by atoms with Crippen LogP contribution in [0.2, 0.25) is 0 Å². The summed E-state index contributed by atoms with van der Waals surface area (Å²) >= 11 is 0. The second-order valence-electron chi connectivity index (χ2n) is 7.51. The van der Waals surface area contributed by atoms with E-state index in [9.17, 15) is 0 Å². The van der Waals surface area contributed by atoms with Crippen molar-refractivity contribution in [1.82, 2.24) is 14.7 Å². The molecule has 4 heteroatoms. The van der Waals surface area contributed by atoms with E-state index < -0.39 is 0 Å². The summed E-state index contributed by atoms with van der Waals surface area (Å²) in [6.07, 6.45) is 4.95. The van der Waals surface area contributed by atoms with Gasteiger partial charge in [-0.05, 0) is 50.4 Å². The van der Waals surface area contributed by atoms with Crippen LogP contribution in [0, 0.1) is 0 Å². The third kappa shape index (κ3) is 2.53. The van der Waals surface area contributed by atoms with Crippen LogP contribution in [-0.2, 0) is 6.42 Å². The Bertz CT molecular complexity index is 731. The van der Waals surface area contributed by atoms with Crippen molar-refractivity contribution in [2.45, 2.75) is 51.5 Å². The van der Waals surface area contributed by atoms with E-state index in [1.807, 2.05) is 0 Å². The molecule has 4 nitrogen and oxygen atoms in total. The van der Waals surface area contributed by atoms with E-state index in [0.29, 0.717) is 12.0 Å². The maximum atomic E-state index is 5.13. The molecule has 0 spiro atoms. The fraction of sp³-hybridized carbons (Fsp3) is 0.550. The number of aromatic nitrogens is 2. The largest absolute Gasteiger partial charge is 0.369 e. The van der Waals surface area contributed by atoms with Crippen molar-refractivity contribution in [2.24, 2.45) is 0 Å². The average molecular weight is 324 g/mol. The van der Waals surface area contributed by atoms with Crippen LogP contribution in [0.1, 0.15) is 61.9 Å². The lowest BCUT2D eigenvalue weighted by atomic mass is 9.97. The number of nitrogens with one attached hydrogen (secondary N) is 1. The highest BCUT2D eigenvalue weighted by Crippen LogP contribution is 2.38. The van der Waals surface area contributed by atoms with Crippen LogP contribution in [0.25, 0.3) is 5.69 Å². The maximum Gasteiger partial charge on any atom is 0.133 e. The standard InChI is InChI=1S/C20H28N4/c1-14(2)15-8-4-5-9-17(15)24-20-16(11-12-21-20)19(22-24)18-10-6-7-13-23(18)3/h4-5,8-9,14,18,21H,6-7,10-13H2,1-3H3. The molecule has 1 unspecified atom stereocenters. The summed E-state index contributed by atoms with van der Waals surface area (Å²) in [6.45, 7) is 6.72. The zero-order valence-corrected chi connectivity index (χ0v) is 15.0. The molecule has 128 valence electrons. The van der Waals surface area contributed by atoms with E-state index in [2.05, 4.69) is 60.1 Å². The second-order valence-corrected chi connectivity index (χ2v) is 7.51. The van der Waals surface area contributed by atoms with Crippen LogP contribution < -0.4 is 5.32 Å². The third-order valence-electron chi connectivity index (χ3n) is 5.56. The summed E-state index contributed by atoms with van der Waals surface area (Å²) in [5, 5.41) is 8.72. The number of rotatable bonds is 3. The summed E-state index contributed by atoms with van der Waals surface area (Å²) in [6, 6.07) is 9.16. The minimum atomic E-state index is 0.472. The number of anilines is 1. The number of hydrogen-bond donors (Lipinski definition) is 1. The number of benzene rings is 1. The third-order valence-corrected chi connectivity index (χ3v) is 5.56. The monoisotopic (exact) mass is 324 g/mol. The van der Waals surface area contributed by atoms with E-state index in [1.54, 1.807) is 0 Å². The smallest absolute Gasteiger partial charge is 0.133 e. The summed E-state index contributed by atoms with van der Waals surface area (Å²) in [5.41, 5.74) is 5.32. The Morgan fingerprint density at radius 3 is 2.83 bits per heavy atom. The molecule has 3 heterocycles. The SMILES string of the molecule is CC(C)c1ccccc1-n1nc(C2CCCCN2C)c2c1NCC2. The van der Waals surface area contributed by atoms with Crippen molar-refractivity contribution < 1.29 is 0 Å². The zero-order valence-electron chi connectivity index (χ0n) is 15.0. The van der Waals surface area contributed by atoms with E-state index >= 15 is 0 Å². The fourth-order valence-electron chi connectivity index (χ4n) is 4.23. The van der Waals surface area contributed by atoms with Gasteiger partial charge >= 0.3 is 0 Å². The van der Waals surface area contributed by atoms with Crippen molar-refractivity contribution in [2.75, 3.05) is 25.5 Å². The molecular weight excluding hydrogens is 296 g/mol. The van der Waals surface area contributed by atoms with E-state index in [1.165, 1.54) is 54.1 Å². The Kier molecular flexibility index (Phi) is 4.09. The van der Waals surface area contributed by atoms with Gasteiger partial charge in [0.25, 0.3) is 0 Å². The van der Waals surface area contributed by atoms with Gasteiger partial charge in [-0.15, -0.1) is 0 Å². The first-order valence-electron chi connectivity index (χ1n) is 9.32. The molecule has 1 atom stereocenters. The molecule has 0 radical (unpaired) electrons. The van der Waals surface area contributed by atoms with E-state index in [-0.39, 0.29) is 0 Å². The molecular formula is C20H28N4. The minimum absolute atomic E-state index is 0.472. The minimum Gasteiger partial charge on any atom is -0.369 e. The van der Waals surface area contributed by atoms with Gasteiger partial charge in [-0.3, -0.25) is 4.90 Å². The quantitative estimate of drug-likeness (QED) is 0.922. The number of nitrogens with zero attached hydrogens (tertiary/aromatic N) is 3. The molecule has 2 aliphatic rings.